The Kier molecular flexibility index (Phi) is 5.64. The summed E-state index contributed by atoms with van der Waals surface area (Å²) in [7, 11) is 0. The Hall–Kier alpha value is -7.08. The zero-order valence-electron chi connectivity index (χ0n) is 26.2. The molecule has 0 bridgehead atoms. The van der Waals surface area contributed by atoms with E-state index in [1.54, 1.807) is 0 Å². The average Bonchev–Trinajstić information content (AvgIpc) is 3.80. The number of aromatic nitrogens is 3. The zero-order valence-corrected chi connectivity index (χ0v) is 26.2. The molecule has 10 rings (SSSR count). The van der Waals surface area contributed by atoms with E-state index >= 15 is 0 Å². The van der Waals surface area contributed by atoms with Gasteiger partial charge in [-0.1, -0.05) is 109 Å². The number of hydrogen-bond acceptors (Lipinski definition) is 1. The molecular weight excluding hydrogens is 599 g/mol. The zero-order chi connectivity index (χ0) is 32.6. The van der Waals surface area contributed by atoms with Crippen LogP contribution in [0.2, 0.25) is 0 Å². The van der Waals surface area contributed by atoms with Crippen molar-refractivity contribution in [1.29, 1.82) is 5.26 Å². The molecule has 0 saturated heterocycles. The lowest BCUT2D eigenvalue weighted by molar-refractivity contribution is 1.09. The van der Waals surface area contributed by atoms with E-state index in [9.17, 15) is 5.26 Å². The fourth-order valence-corrected chi connectivity index (χ4v) is 7.94. The summed E-state index contributed by atoms with van der Waals surface area (Å²) in [6.45, 7) is 8.82. The molecule has 0 radical (unpaired) electrons. The number of nitrogens with zero attached hydrogens (tertiary/aromatic N) is 5. The van der Waals surface area contributed by atoms with Crippen molar-refractivity contribution >= 4 is 71.1 Å². The normalized spacial score (nSPS) is 11.6. The molecule has 49 heavy (non-hydrogen) atoms. The molecule has 3 heterocycles. The van der Waals surface area contributed by atoms with E-state index in [1.165, 1.54) is 0 Å². The first-order valence-electron chi connectivity index (χ1n) is 16.2. The monoisotopic (exact) mass is 623 g/mol. The average molecular weight is 624 g/mol. The van der Waals surface area contributed by atoms with Crippen molar-refractivity contribution < 1.29 is 0 Å². The van der Waals surface area contributed by atoms with Crippen LogP contribution < -0.4 is 0 Å². The van der Waals surface area contributed by atoms with E-state index in [1.807, 2.05) is 48.5 Å². The van der Waals surface area contributed by atoms with Gasteiger partial charge in [0.15, 0.2) is 0 Å². The second-order valence-electron chi connectivity index (χ2n) is 12.3. The first-order chi connectivity index (χ1) is 24.3. The predicted molar refractivity (Wildman–Crippen MR) is 200 cm³/mol. The largest absolute Gasteiger partial charge is 0.319 e. The van der Waals surface area contributed by atoms with Gasteiger partial charge in [-0.25, -0.2) is 4.85 Å². The van der Waals surface area contributed by atoms with Gasteiger partial charge in [-0.15, -0.1) is 0 Å². The van der Waals surface area contributed by atoms with Gasteiger partial charge in [-0.05, 0) is 42.5 Å². The standard InChI is InChI=1S/C44H25N5/c1-46-43-42(48-37-22-10-4-16-30(37)31-17-5-11-23-38(31)48)26-41(47-35-20-8-2-14-28(35)29-15-3-9-21-36(29)47)34(27-45)44(43)49-39-24-12-6-18-32(39)33-19-7-13-25-40(33)49/h2-26H. The Morgan fingerprint density at radius 1 is 0.429 bits per heavy atom. The van der Waals surface area contributed by atoms with Crippen LogP contribution in [0.5, 0.6) is 0 Å². The molecular formula is C44H25N5. The summed E-state index contributed by atoms with van der Waals surface area (Å²) < 4.78 is 6.53. The molecule has 10 aromatic rings. The molecule has 226 valence electrons. The minimum atomic E-state index is 0.416. The highest BCUT2D eigenvalue weighted by atomic mass is 15.1. The van der Waals surface area contributed by atoms with Crippen molar-refractivity contribution in [3.63, 3.8) is 0 Å². The van der Waals surface area contributed by atoms with Crippen LogP contribution >= 0.6 is 0 Å². The number of benzene rings is 7. The van der Waals surface area contributed by atoms with Gasteiger partial charge in [-0.3, -0.25) is 0 Å². The molecule has 0 aliphatic rings. The molecule has 0 N–H and O–H groups in total. The first kappa shape index (κ1) is 27.1. The summed E-state index contributed by atoms with van der Waals surface area (Å²) in [5, 5.41) is 17.8. The molecule has 5 nitrogen and oxygen atoms in total. The molecule has 0 amide bonds. The number of fused-ring (bicyclic) bond motifs is 9. The highest BCUT2D eigenvalue weighted by Gasteiger charge is 2.28. The van der Waals surface area contributed by atoms with Gasteiger partial charge in [0.25, 0.3) is 0 Å². The fraction of sp³-hybridized carbons (Fsp3) is 0. The van der Waals surface area contributed by atoms with Gasteiger partial charge >= 0.3 is 0 Å². The summed E-state index contributed by atoms with van der Waals surface area (Å²) in [4.78, 5) is 4.31. The molecule has 0 unspecified atom stereocenters. The van der Waals surface area contributed by atoms with Crippen molar-refractivity contribution in [2.75, 3.05) is 0 Å². The van der Waals surface area contributed by atoms with Gasteiger partial charge in [0.2, 0.25) is 5.69 Å². The van der Waals surface area contributed by atoms with Gasteiger partial charge < -0.3 is 13.7 Å². The van der Waals surface area contributed by atoms with E-state index in [2.05, 4.69) is 128 Å². The minimum Gasteiger partial charge on any atom is -0.319 e. The van der Waals surface area contributed by atoms with Crippen LogP contribution in [0, 0.1) is 17.9 Å². The van der Waals surface area contributed by atoms with Crippen LogP contribution in [-0.2, 0) is 0 Å². The van der Waals surface area contributed by atoms with E-state index in [0.29, 0.717) is 16.9 Å². The van der Waals surface area contributed by atoms with Crippen LogP contribution in [-0.4, -0.2) is 13.7 Å². The summed E-state index contributed by atoms with van der Waals surface area (Å²) >= 11 is 0. The molecule has 0 aliphatic heterocycles. The van der Waals surface area contributed by atoms with Crippen molar-refractivity contribution in [2.24, 2.45) is 0 Å². The smallest absolute Gasteiger partial charge is 0.235 e. The lowest BCUT2D eigenvalue weighted by Gasteiger charge is -2.21. The molecule has 7 aromatic carbocycles. The Bertz CT molecular complexity index is 2770. The van der Waals surface area contributed by atoms with Crippen molar-refractivity contribution in [2.45, 2.75) is 0 Å². The minimum absolute atomic E-state index is 0.416. The van der Waals surface area contributed by atoms with Gasteiger partial charge in [0.1, 0.15) is 6.07 Å². The molecule has 5 heteroatoms. The Morgan fingerprint density at radius 2 is 0.735 bits per heavy atom. The van der Waals surface area contributed by atoms with E-state index < -0.39 is 0 Å². The molecule has 0 fully saturated rings. The SMILES string of the molecule is [C-]#[N+]c1c(-n2c3ccccc3c3ccccc32)cc(-n2c3ccccc3c3ccccc32)c(C#N)c1-n1c2ccccc2c2ccccc21. The third kappa shape index (κ3) is 3.62. The van der Waals surface area contributed by atoms with E-state index in [0.717, 1.165) is 76.8 Å². The van der Waals surface area contributed by atoms with E-state index in [4.69, 9.17) is 6.57 Å². The van der Waals surface area contributed by atoms with E-state index in [-0.39, 0.29) is 0 Å². The van der Waals surface area contributed by atoms with Gasteiger partial charge in [0.05, 0.1) is 62.3 Å². The Balaban J connectivity index is 1.48. The fourth-order valence-electron chi connectivity index (χ4n) is 7.94. The second-order valence-corrected chi connectivity index (χ2v) is 12.3. The summed E-state index contributed by atoms with van der Waals surface area (Å²) in [5.41, 5.74) is 8.75. The summed E-state index contributed by atoms with van der Waals surface area (Å²) in [6.07, 6.45) is 0. The van der Waals surface area contributed by atoms with Crippen LogP contribution in [0.15, 0.2) is 152 Å². The molecule has 3 aromatic heterocycles. The maximum absolute atomic E-state index is 11.3. The lowest BCUT2D eigenvalue weighted by Crippen LogP contribution is -2.08. The highest BCUT2D eigenvalue weighted by molar-refractivity contribution is 6.13. The maximum Gasteiger partial charge on any atom is 0.235 e. The van der Waals surface area contributed by atoms with Crippen molar-refractivity contribution in [1.82, 2.24) is 13.7 Å². The van der Waals surface area contributed by atoms with Crippen LogP contribution in [0.1, 0.15) is 5.56 Å². The number of para-hydroxylation sites is 6. The lowest BCUT2D eigenvalue weighted by atomic mass is 10.1. The second kappa shape index (κ2) is 10.2. The van der Waals surface area contributed by atoms with Gasteiger partial charge in [0, 0.05) is 32.3 Å². The quantitative estimate of drug-likeness (QED) is 0.181. The molecule has 0 aliphatic carbocycles. The van der Waals surface area contributed by atoms with Crippen molar-refractivity contribution in [3.05, 3.63) is 169 Å². The molecule has 0 saturated carbocycles. The highest BCUT2D eigenvalue weighted by Crippen LogP contribution is 2.46. The topological polar surface area (TPSA) is 42.9 Å². The summed E-state index contributed by atoms with van der Waals surface area (Å²) in [6, 6.07) is 54.6. The Labute approximate surface area is 281 Å². The number of nitriles is 1. The first-order valence-corrected chi connectivity index (χ1v) is 16.2. The van der Waals surface area contributed by atoms with Crippen molar-refractivity contribution in [3.8, 4) is 23.1 Å². The third-order valence-corrected chi connectivity index (χ3v) is 9.90. The Morgan fingerprint density at radius 3 is 1.06 bits per heavy atom. The molecule has 0 spiro atoms. The maximum atomic E-state index is 11.3. The van der Waals surface area contributed by atoms with Crippen LogP contribution in [0.25, 0.3) is 87.3 Å². The van der Waals surface area contributed by atoms with Gasteiger partial charge in [-0.2, -0.15) is 5.26 Å². The number of rotatable bonds is 3. The summed E-state index contributed by atoms with van der Waals surface area (Å²) in [5.74, 6) is 0. The third-order valence-electron chi connectivity index (χ3n) is 9.90. The predicted octanol–water partition coefficient (Wildman–Crippen LogP) is 11.4. The number of hydrogen-bond donors (Lipinski definition) is 0. The van der Waals surface area contributed by atoms with Crippen LogP contribution in [0.4, 0.5) is 5.69 Å². The van der Waals surface area contributed by atoms with Crippen LogP contribution in [0.3, 0.4) is 0 Å². The molecule has 0 atom stereocenters.